The van der Waals surface area contributed by atoms with Crippen LogP contribution in [0.1, 0.15) is 21.6 Å². The maximum absolute atomic E-state index is 12.1. The third-order valence-corrected chi connectivity index (χ3v) is 4.79. The summed E-state index contributed by atoms with van der Waals surface area (Å²) in [6.45, 7) is 0.322. The Morgan fingerprint density at radius 1 is 1.19 bits per heavy atom. The van der Waals surface area contributed by atoms with Crippen LogP contribution in [0, 0.1) is 0 Å². The van der Waals surface area contributed by atoms with Gasteiger partial charge in [-0.1, -0.05) is 29.8 Å². The third kappa shape index (κ3) is 5.02. The van der Waals surface area contributed by atoms with Crippen molar-refractivity contribution in [3.05, 3.63) is 80.2 Å². The molecule has 0 fully saturated rings. The average molecular weight is 403 g/mol. The van der Waals surface area contributed by atoms with Crippen LogP contribution in [0.4, 0.5) is 5.13 Å². The van der Waals surface area contributed by atoms with Crippen LogP contribution in [0.5, 0.6) is 0 Å². The lowest BCUT2D eigenvalue weighted by atomic mass is 10.2. The molecular formula is C18H15ClN4O3S. The normalized spacial score (nSPS) is 10.4. The van der Waals surface area contributed by atoms with Crippen molar-refractivity contribution in [2.45, 2.75) is 13.0 Å². The Morgan fingerprint density at radius 2 is 2.00 bits per heavy atom. The monoisotopic (exact) mass is 402 g/mol. The second-order valence-electron chi connectivity index (χ2n) is 5.56. The van der Waals surface area contributed by atoms with Crippen molar-refractivity contribution in [2.75, 3.05) is 5.32 Å². The van der Waals surface area contributed by atoms with Crippen LogP contribution in [-0.4, -0.2) is 21.8 Å². The van der Waals surface area contributed by atoms with Gasteiger partial charge in [-0.3, -0.25) is 19.7 Å². The lowest BCUT2D eigenvalue weighted by Gasteiger charge is -2.06. The standard InChI is InChI=1S/C18H15ClN4O3S/c19-14-6-2-1-4-11(14)9-21-15(24)8-12-10-27-18(22-12)23-17(26)13-5-3-7-20-16(13)25/h1-7,10H,8-9H2,(H,20,25)(H,21,24)(H,22,23,26). The molecule has 2 heterocycles. The van der Waals surface area contributed by atoms with Gasteiger partial charge in [-0.25, -0.2) is 4.98 Å². The third-order valence-electron chi connectivity index (χ3n) is 3.61. The van der Waals surface area contributed by atoms with E-state index in [-0.39, 0.29) is 17.9 Å². The first-order valence-electron chi connectivity index (χ1n) is 7.96. The zero-order valence-corrected chi connectivity index (χ0v) is 15.6. The number of anilines is 1. The number of rotatable bonds is 6. The maximum atomic E-state index is 12.1. The number of nitrogens with zero attached hydrogens (tertiary/aromatic N) is 1. The summed E-state index contributed by atoms with van der Waals surface area (Å²) in [5.74, 6) is -0.765. The van der Waals surface area contributed by atoms with Gasteiger partial charge in [0.25, 0.3) is 11.5 Å². The second-order valence-corrected chi connectivity index (χ2v) is 6.82. The Balaban J connectivity index is 1.55. The van der Waals surface area contributed by atoms with Gasteiger partial charge in [-0.05, 0) is 23.8 Å². The molecule has 0 unspecified atom stereocenters. The summed E-state index contributed by atoms with van der Waals surface area (Å²) in [4.78, 5) is 42.4. The Labute approximate surface area is 163 Å². The lowest BCUT2D eigenvalue weighted by molar-refractivity contribution is -0.120. The molecule has 9 heteroatoms. The fraction of sp³-hybridized carbons (Fsp3) is 0.111. The lowest BCUT2D eigenvalue weighted by Crippen LogP contribution is -2.25. The molecule has 3 N–H and O–H groups in total. The van der Waals surface area contributed by atoms with Gasteiger partial charge in [0.1, 0.15) is 5.56 Å². The summed E-state index contributed by atoms with van der Waals surface area (Å²) >= 11 is 7.24. The van der Waals surface area contributed by atoms with E-state index in [1.165, 1.54) is 23.6 Å². The van der Waals surface area contributed by atoms with Crippen molar-refractivity contribution in [1.29, 1.82) is 0 Å². The fourth-order valence-corrected chi connectivity index (χ4v) is 3.18. The zero-order valence-electron chi connectivity index (χ0n) is 14.0. The second kappa shape index (κ2) is 8.61. The molecule has 1 aromatic carbocycles. The van der Waals surface area contributed by atoms with Crippen LogP contribution in [-0.2, 0) is 17.8 Å². The van der Waals surface area contributed by atoms with Crippen molar-refractivity contribution in [1.82, 2.24) is 15.3 Å². The Morgan fingerprint density at radius 3 is 2.78 bits per heavy atom. The highest BCUT2D eigenvalue weighted by atomic mass is 35.5. The molecule has 2 amide bonds. The maximum Gasteiger partial charge on any atom is 0.263 e. The quantitative estimate of drug-likeness (QED) is 0.589. The van der Waals surface area contributed by atoms with Crippen LogP contribution in [0.25, 0.3) is 0 Å². The molecular weight excluding hydrogens is 388 g/mol. The number of aromatic amines is 1. The van der Waals surface area contributed by atoms with Gasteiger partial charge in [0.15, 0.2) is 5.13 Å². The molecule has 3 aromatic rings. The number of amides is 2. The first-order chi connectivity index (χ1) is 13.0. The molecule has 0 radical (unpaired) electrons. The number of thiazole rings is 1. The molecule has 0 saturated heterocycles. The van der Waals surface area contributed by atoms with Crippen molar-refractivity contribution in [2.24, 2.45) is 0 Å². The van der Waals surface area contributed by atoms with Gasteiger partial charge >= 0.3 is 0 Å². The van der Waals surface area contributed by atoms with E-state index < -0.39 is 11.5 Å². The Kier molecular flexibility index (Phi) is 6.00. The number of pyridine rings is 1. The molecule has 138 valence electrons. The van der Waals surface area contributed by atoms with Crippen molar-refractivity contribution in [3.8, 4) is 0 Å². The SMILES string of the molecule is O=C(Cc1csc(NC(=O)c2ccc[nH]c2=O)n1)NCc1ccccc1Cl. The van der Waals surface area contributed by atoms with E-state index in [0.717, 1.165) is 5.56 Å². The Bertz CT molecular complexity index is 1030. The van der Waals surface area contributed by atoms with E-state index >= 15 is 0 Å². The molecule has 0 aliphatic rings. The number of carbonyl (C=O) groups excluding carboxylic acids is 2. The van der Waals surface area contributed by atoms with Crippen LogP contribution in [0.2, 0.25) is 5.02 Å². The number of carbonyl (C=O) groups is 2. The Hall–Kier alpha value is -2.97. The summed E-state index contributed by atoms with van der Waals surface area (Å²) < 4.78 is 0. The molecule has 0 bridgehead atoms. The van der Waals surface area contributed by atoms with Crippen LogP contribution >= 0.6 is 22.9 Å². The topological polar surface area (TPSA) is 104 Å². The van der Waals surface area contributed by atoms with Gasteiger partial charge in [0.05, 0.1) is 12.1 Å². The number of halogens is 1. The van der Waals surface area contributed by atoms with Gasteiger partial charge in [-0.15, -0.1) is 11.3 Å². The molecule has 0 atom stereocenters. The van der Waals surface area contributed by atoms with Gasteiger partial charge in [0, 0.05) is 23.1 Å². The summed E-state index contributed by atoms with van der Waals surface area (Å²) in [5.41, 5.74) is 0.859. The summed E-state index contributed by atoms with van der Waals surface area (Å²) in [6.07, 6.45) is 1.52. The highest BCUT2D eigenvalue weighted by Crippen LogP contribution is 2.17. The smallest absolute Gasteiger partial charge is 0.263 e. The molecule has 2 aromatic heterocycles. The molecule has 7 nitrogen and oxygen atoms in total. The van der Waals surface area contributed by atoms with E-state index in [1.807, 2.05) is 18.2 Å². The predicted molar refractivity (Wildman–Crippen MR) is 104 cm³/mol. The van der Waals surface area contributed by atoms with Crippen molar-refractivity contribution in [3.63, 3.8) is 0 Å². The van der Waals surface area contributed by atoms with Crippen LogP contribution < -0.4 is 16.2 Å². The number of hydrogen-bond acceptors (Lipinski definition) is 5. The molecule has 0 saturated carbocycles. The largest absolute Gasteiger partial charge is 0.352 e. The number of aromatic nitrogens is 2. The number of nitrogens with one attached hydrogen (secondary N) is 3. The van der Waals surface area contributed by atoms with E-state index in [2.05, 4.69) is 20.6 Å². The highest BCUT2D eigenvalue weighted by molar-refractivity contribution is 7.14. The van der Waals surface area contributed by atoms with E-state index in [1.54, 1.807) is 17.5 Å². The number of hydrogen-bond donors (Lipinski definition) is 3. The first kappa shape index (κ1) is 18.8. The van der Waals surface area contributed by atoms with Crippen LogP contribution in [0.3, 0.4) is 0 Å². The summed E-state index contributed by atoms with van der Waals surface area (Å²) in [5, 5.41) is 7.92. The number of H-pyrrole nitrogens is 1. The van der Waals surface area contributed by atoms with Crippen molar-refractivity contribution >= 4 is 39.9 Å². The van der Waals surface area contributed by atoms with Crippen LogP contribution in [0.15, 0.2) is 52.8 Å². The predicted octanol–water partition coefficient (Wildman–Crippen LogP) is 2.60. The average Bonchev–Trinajstić information content (AvgIpc) is 3.08. The molecule has 0 aliphatic carbocycles. The van der Waals surface area contributed by atoms with Gasteiger partial charge < -0.3 is 10.3 Å². The number of benzene rings is 1. The van der Waals surface area contributed by atoms with E-state index in [4.69, 9.17) is 11.6 Å². The van der Waals surface area contributed by atoms with Gasteiger partial charge in [-0.2, -0.15) is 0 Å². The van der Waals surface area contributed by atoms with Crippen molar-refractivity contribution < 1.29 is 9.59 Å². The first-order valence-corrected chi connectivity index (χ1v) is 9.22. The minimum Gasteiger partial charge on any atom is -0.352 e. The minimum atomic E-state index is -0.555. The molecule has 27 heavy (non-hydrogen) atoms. The van der Waals surface area contributed by atoms with E-state index in [9.17, 15) is 14.4 Å². The minimum absolute atomic E-state index is 0.00765. The zero-order chi connectivity index (χ0) is 19.2. The molecule has 0 aliphatic heterocycles. The van der Waals surface area contributed by atoms with E-state index in [0.29, 0.717) is 22.4 Å². The summed E-state index contributed by atoms with van der Waals surface area (Å²) in [6, 6.07) is 10.3. The summed E-state index contributed by atoms with van der Waals surface area (Å²) in [7, 11) is 0. The fourth-order valence-electron chi connectivity index (χ4n) is 2.27. The molecule has 3 rings (SSSR count). The molecule has 0 spiro atoms. The van der Waals surface area contributed by atoms with Gasteiger partial charge in [0.2, 0.25) is 5.91 Å². The highest BCUT2D eigenvalue weighted by Gasteiger charge is 2.13.